The lowest BCUT2D eigenvalue weighted by Crippen LogP contribution is -2.23. The number of halogens is 2. The van der Waals surface area contributed by atoms with Crippen LogP contribution < -0.4 is 4.90 Å². The van der Waals surface area contributed by atoms with Crippen LogP contribution in [0.2, 0.25) is 0 Å². The molecule has 1 saturated heterocycles. The molecule has 1 atom stereocenters. The molecule has 1 N–H and O–H groups in total. The van der Waals surface area contributed by atoms with Crippen LogP contribution in [0.15, 0.2) is 16.6 Å². The van der Waals surface area contributed by atoms with Gasteiger partial charge in [-0.15, -0.1) is 0 Å². The summed E-state index contributed by atoms with van der Waals surface area (Å²) in [6.45, 7) is 0.994. The molecule has 1 fully saturated rings. The third kappa shape index (κ3) is 2.16. The fourth-order valence-electron chi connectivity index (χ4n) is 1.75. The predicted molar refractivity (Wildman–Crippen MR) is 59.9 cm³/mol. The number of carboxylic acids is 1. The number of aliphatic carboxylic acids is 1. The summed E-state index contributed by atoms with van der Waals surface area (Å²) >= 11 is 3.02. The van der Waals surface area contributed by atoms with Crippen molar-refractivity contribution >= 4 is 27.7 Å². The molecule has 4 nitrogen and oxygen atoms in total. The summed E-state index contributed by atoms with van der Waals surface area (Å²) in [7, 11) is 0. The van der Waals surface area contributed by atoms with Gasteiger partial charge in [0.25, 0.3) is 0 Å². The van der Waals surface area contributed by atoms with E-state index < -0.39 is 11.9 Å². The fraction of sp³-hybridized carbons (Fsp3) is 0.400. The average Bonchev–Trinajstić information content (AvgIpc) is 2.71. The van der Waals surface area contributed by atoms with E-state index in [0.717, 1.165) is 0 Å². The molecule has 86 valence electrons. The molecule has 0 radical (unpaired) electrons. The van der Waals surface area contributed by atoms with Gasteiger partial charge in [-0.1, -0.05) is 0 Å². The van der Waals surface area contributed by atoms with Crippen molar-refractivity contribution in [2.24, 2.45) is 5.92 Å². The van der Waals surface area contributed by atoms with E-state index in [-0.39, 0.29) is 5.92 Å². The first kappa shape index (κ1) is 11.3. The van der Waals surface area contributed by atoms with Crippen molar-refractivity contribution in [1.29, 1.82) is 0 Å². The Labute approximate surface area is 100 Å². The Bertz CT molecular complexity index is 427. The molecule has 0 spiro atoms. The van der Waals surface area contributed by atoms with Crippen LogP contribution in [0, 0.1) is 11.9 Å². The number of rotatable bonds is 2. The molecular formula is C10H10BrFN2O2. The van der Waals surface area contributed by atoms with E-state index in [0.29, 0.717) is 29.8 Å². The van der Waals surface area contributed by atoms with Crippen LogP contribution in [0.5, 0.6) is 0 Å². The highest BCUT2D eigenvalue weighted by Crippen LogP contribution is 2.24. The number of nitrogens with zero attached hydrogens (tertiary/aromatic N) is 2. The Morgan fingerprint density at radius 3 is 2.94 bits per heavy atom. The van der Waals surface area contributed by atoms with Crippen LogP contribution in [-0.2, 0) is 4.79 Å². The summed E-state index contributed by atoms with van der Waals surface area (Å²) in [5.41, 5.74) is 0. The van der Waals surface area contributed by atoms with Crippen molar-refractivity contribution in [3.63, 3.8) is 0 Å². The summed E-state index contributed by atoms with van der Waals surface area (Å²) in [6.07, 6.45) is 0.578. The minimum atomic E-state index is -0.805. The van der Waals surface area contributed by atoms with E-state index in [2.05, 4.69) is 20.9 Å². The van der Waals surface area contributed by atoms with Crippen LogP contribution in [0.4, 0.5) is 10.2 Å². The number of hydrogen-bond donors (Lipinski definition) is 1. The first-order valence-corrected chi connectivity index (χ1v) is 5.67. The Balaban J connectivity index is 2.14. The van der Waals surface area contributed by atoms with Crippen LogP contribution >= 0.6 is 15.9 Å². The molecule has 0 aromatic carbocycles. The monoisotopic (exact) mass is 288 g/mol. The Hall–Kier alpha value is -1.17. The van der Waals surface area contributed by atoms with E-state index in [1.54, 1.807) is 17.0 Å². The van der Waals surface area contributed by atoms with Gasteiger partial charge in [0.1, 0.15) is 5.82 Å². The number of carboxylic acid groups (broad SMARTS) is 1. The standard InChI is InChI=1S/C10H10BrFN2O2/c11-7-1-2-8(13-9(7)12)14-4-3-6(5-14)10(15)16/h1-2,6H,3-5H2,(H,15,16)/t6-/m0/s1. The molecule has 2 heterocycles. The lowest BCUT2D eigenvalue weighted by molar-refractivity contribution is -0.140. The summed E-state index contributed by atoms with van der Waals surface area (Å²) in [4.78, 5) is 16.3. The fourth-order valence-corrected chi connectivity index (χ4v) is 1.97. The van der Waals surface area contributed by atoms with Crippen molar-refractivity contribution in [2.45, 2.75) is 6.42 Å². The van der Waals surface area contributed by atoms with Gasteiger partial charge < -0.3 is 10.0 Å². The van der Waals surface area contributed by atoms with Gasteiger partial charge in [0, 0.05) is 13.1 Å². The molecule has 16 heavy (non-hydrogen) atoms. The molecule has 1 aliphatic rings. The minimum Gasteiger partial charge on any atom is -0.481 e. The molecule has 2 rings (SSSR count). The molecule has 0 saturated carbocycles. The normalized spacial score (nSPS) is 20.1. The first-order chi connectivity index (χ1) is 7.58. The number of pyridine rings is 1. The van der Waals surface area contributed by atoms with Gasteiger partial charge in [-0.2, -0.15) is 4.39 Å². The van der Waals surface area contributed by atoms with Gasteiger partial charge in [-0.25, -0.2) is 4.98 Å². The van der Waals surface area contributed by atoms with Crippen molar-refractivity contribution in [2.75, 3.05) is 18.0 Å². The van der Waals surface area contributed by atoms with Crippen LogP contribution in [0.1, 0.15) is 6.42 Å². The lowest BCUT2D eigenvalue weighted by Gasteiger charge is -2.16. The van der Waals surface area contributed by atoms with E-state index in [1.165, 1.54) is 0 Å². The smallest absolute Gasteiger partial charge is 0.308 e. The highest BCUT2D eigenvalue weighted by molar-refractivity contribution is 9.10. The van der Waals surface area contributed by atoms with Gasteiger partial charge in [0.15, 0.2) is 0 Å². The highest BCUT2D eigenvalue weighted by atomic mass is 79.9. The second-order valence-electron chi connectivity index (χ2n) is 3.71. The molecular weight excluding hydrogens is 279 g/mol. The molecule has 0 amide bonds. The van der Waals surface area contributed by atoms with E-state index in [4.69, 9.17) is 5.11 Å². The van der Waals surface area contributed by atoms with Gasteiger partial charge in [0.2, 0.25) is 5.95 Å². The van der Waals surface area contributed by atoms with Gasteiger partial charge in [-0.3, -0.25) is 4.79 Å². The highest BCUT2D eigenvalue weighted by Gasteiger charge is 2.28. The summed E-state index contributed by atoms with van der Waals surface area (Å²) < 4.78 is 13.5. The summed E-state index contributed by atoms with van der Waals surface area (Å²) in [5, 5.41) is 8.85. The first-order valence-electron chi connectivity index (χ1n) is 4.87. The van der Waals surface area contributed by atoms with Crippen LogP contribution in [0.25, 0.3) is 0 Å². The van der Waals surface area contributed by atoms with Crippen molar-refractivity contribution in [3.05, 3.63) is 22.6 Å². The van der Waals surface area contributed by atoms with Crippen molar-refractivity contribution in [1.82, 2.24) is 4.98 Å². The van der Waals surface area contributed by atoms with Gasteiger partial charge >= 0.3 is 5.97 Å². The average molecular weight is 289 g/mol. The molecule has 6 heteroatoms. The Morgan fingerprint density at radius 2 is 2.38 bits per heavy atom. The van der Waals surface area contributed by atoms with E-state index in [1.807, 2.05) is 0 Å². The van der Waals surface area contributed by atoms with E-state index >= 15 is 0 Å². The van der Waals surface area contributed by atoms with Gasteiger partial charge in [0.05, 0.1) is 10.4 Å². The van der Waals surface area contributed by atoms with E-state index in [9.17, 15) is 9.18 Å². The van der Waals surface area contributed by atoms with Gasteiger partial charge in [-0.05, 0) is 34.5 Å². The van der Waals surface area contributed by atoms with Crippen molar-refractivity contribution < 1.29 is 14.3 Å². The molecule has 0 aliphatic carbocycles. The Kier molecular flexibility index (Phi) is 3.09. The zero-order valence-corrected chi connectivity index (χ0v) is 9.95. The third-order valence-electron chi connectivity index (χ3n) is 2.65. The molecule has 0 bridgehead atoms. The molecule has 1 aromatic heterocycles. The summed E-state index contributed by atoms with van der Waals surface area (Å²) in [5.74, 6) is -1.27. The van der Waals surface area contributed by atoms with Crippen LogP contribution in [0.3, 0.4) is 0 Å². The Morgan fingerprint density at radius 1 is 1.62 bits per heavy atom. The second kappa shape index (κ2) is 4.37. The molecule has 0 unspecified atom stereocenters. The topological polar surface area (TPSA) is 53.4 Å². The maximum absolute atomic E-state index is 13.2. The quantitative estimate of drug-likeness (QED) is 0.845. The third-order valence-corrected chi connectivity index (χ3v) is 3.24. The number of hydrogen-bond acceptors (Lipinski definition) is 3. The largest absolute Gasteiger partial charge is 0.481 e. The van der Waals surface area contributed by atoms with Crippen LogP contribution in [-0.4, -0.2) is 29.1 Å². The SMILES string of the molecule is O=C(O)[C@H]1CCN(c2ccc(Br)c(F)n2)C1. The zero-order chi connectivity index (χ0) is 11.7. The number of carbonyl (C=O) groups is 1. The maximum atomic E-state index is 13.2. The molecule has 1 aliphatic heterocycles. The van der Waals surface area contributed by atoms with Crippen molar-refractivity contribution in [3.8, 4) is 0 Å². The zero-order valence-electron chi connectivity index (χ0n) is 8.36. The summed E-state index contributed by atoms with van der Waals surface area (Å²) in [6, 6.07) is 3.25. The number of aromatic nitrogens is 1. The lowest BCUT2D eigenvalue weighted by atomic mass is 10.1. The maximum Gasteiger partial charge on any atom is 0.308 e. The minimum absolute atomic E-state index is 0.310. The predicted octanol–water partition coefficient (Wildman–Crippen LogP) is 1.89. The second-order valence-corrected chi connectivity index (χ2v) is 4.57. The number of anilines is 1. The molecule has 1 aromatic rings.